The largest absolute Gasteiger partial charge is 0.497 e. The van der Waals surface area contributed by atoms with Gasteiger partial charge in [-0.15, -0.1) is 0 Å². The first-order valence-electron chi connectivity index (χ1n) is 12.0. The molecule has 4 heterocycles. The van der Waals surface area contributed by atoms with Crippen molar-refractivity contribution in [2.24, 2.45) is 5.73 Å². The van der Waals surface area contributed by atoms with Gasteiger partial charge in [0.2, 0.25) is 5.91 Å². The number of ether oxygens (including phenoxy) is 1. The lowest BCUT2D eigenvalue weighted by Gasteiger charge is -2.37. The second kappa shape index (κ2) is 10.4. The minimum Gasteiger partial charge on any atom is -0.497 e. The fourth-order valence-corrected chi connectivity index (χ4v) is 4.79. The summed E-state index contributed by atoms with van der Waals surface area (Å²) in [5.41, 5.74) is 9.72. The third-order valence-electron chi connectivity index (χ3n) is 6.63. The molecule has 0 atom stereocenters. The molecule has 3 aromatic rings. The van der Waals surface area contributed by atoms with Crippen LogP contribution >= 0.6 is 0 Å². The second-order valence-corrected chi connectivity index (χ2v) is 9.05. The maximum Gasteiger partial charge on any atom is 0.231 e. The first kappa shape index (κ1) is 23.2. The van der Waals surface area contributed by atoms with Crippen LogP contribution in [0.2, 0.25) is 0 Å². The predicted molar refractivity (Wildman–Crippen MR) is 134 cm³/mol. The standard InChI is InChI=1S/C26H31N7O2/c1-35-20-7-5-19(6-8-20)16-32-11-9-22-21(17-32)26(30-25(29-22)23-4-2-3-10-28-23)33-14-12-31(13-15-33)18-24(27)34/h2-8,10H,9,11-18H2,1H3,(H2,27,34). The number of carbonyl (C=O) groups is 1. The number of aromatic nitrogens is 3. The topological polar surface area (TPSA) is 101 Å². The van der Waals surface area contributed by atoms with E-state index in [4.69, 9.17) is 20.4 Å². The zero-order chi connectivity index (χ0) is 24.2. The lowest BCUT2D eigenvalue weighted by Crippen LogP contribution is -2.49. The van der Waals surface area contributed by atoms with Crippen molar-refractivity contribution < 1.29 is 9.53 Å². The lowest BCUT2D eigenvalue weighted by atomic mass is 10.0. The van der Waals surface area contributed by atoms with Gasteiger partial charge < -0.3 is 15.4 Å². The van der Waals surface area contributed by atoms with Crippen LogP contribution in [-0.4, -0.2) is 77.0 Å². The summed E-state index contributed by atoms with van der Waals surface area (Å²) < 4.78 is 5.30. The fourth-order valence-electron chi connectivity index (χ4n) is 4.79. The van der Waals surface area contributed by atoms with Crippen LogP contribution < -0.4 is 15.4 Å². The van der Waals surface area contributed by atoms with E-state index in [1.807, 2.05) is 30.3 Å². The summed E-state index contributed by atoms with van der Waals surface area (Å²) >= 11 is 0. The lowest BCUT2D eigenvalue weighted by molar-refractivity contribution is -0.119. The van der Waals surface area contributed by atoms with E-state index in [0.717, 1.165) is 75.2 Å². The minimum absolute atomic E-state index is 0.288. The summed E-state index contributed by atoms with van der Waals surface area (Å²) in [6.07, 6.45) is 2.64. The molecule has 2 aliphatic heterocycles. The van der Waals surface area contributed by atoms with Crippen LogP contribution in [0.15, 0.2) is 48.7 Å². The highest BCUT2D eigenvalue weighted by atomic mass is 16.5. The molecule has 0 spiro atoms. The van der Waals surface area contributed by atoms with Gasteiger partial charge in [0.15, 0.2) is 5.82 Å². The van der Waals surface area contributed by atoms with Crippen LogP contribution in [0.5, 0.6) is 5.75 Å². The van der Waals surface area contributed by atoms with Crippen LogP contribution in [0.1, 0.15) is 16.8 Å². The summed E-state index contributed by atoms with van der Waals surface area (Å²) in [5, 5.41) is 0. The number of nitrogens with two attached hydrogens (primary N) is 1. The summed E-state index contributed by atoms with van der Waals surface area (Å²) in [7, 11) is 1.69. The van der Waals surface area contributed by atoms with Crippen molar-refractivity contribution in [1.82, 2.24) is 24.8 Å². The van der Waals surface area contributed by atoms with Gasteiger partial charge in [-0.1, -0.05) is 18.2 Å². The highest BCUT2D eigenvalue weighted by Gasteiger charge is 2.28. The number of rotatable bonds is 7. The summed E-state index contributed by atoms with van der Waals surface area (Å²) in [5.74, 6) is 2.23. The van der Waals surface area contributed by atoms with Gasteiger partial charge >= 0.3 is 0 Å². The normalized spacial score (nSPS) is 16.7. The van der Waals surface area contributed by atoms with E-state index in [2.05, 4.69) is 31.8 Å². The number of amides is 1. The molecule has 9 nitrogen and oxygen atoms in total. The number of methoxy groups -OCH3 is 1. The van der Waals surface area contributed by atoms with Gasteiger partial charge in [-0.2, -0.15) is 0 Å². The Morgan fingerprint density at radius 2 is 1.80 bits per heavy atom. The molecule has 2 N–H and O–H groups in total. The number of anilines is 1. The Bertz CT molecular complexity index is 1160. The quantitative estimate of drug-likeness (QED) is 0.554. The molecule has 5 rings (SSSR count). The van der Waals surface area contributed by atoms with Crippen LogP contribution in [0, 0.1) is 0 Å². The van der Waals surface area contributed by atoms with Crippen molar-refractivity contribution in [3.8, 4) is 17.3 Å². The van der Waals surface area contributed by atoms with E-state index in [1.54, 1.807) is 13.3 Å². The van der Waals surface area contributed by atoms with Crippen molar-refractivity contribution in [1.29, 1.82) is 0 Å². The number of hydrogen-bond acceptors (Lipinski definition) is 8. The zero-order valence-electron chi connectivity index (χ0n) is 20.1. The Kier molecular flexibility index (Phi) is 6.87. The van der Waals surface area contributed by atoms with Crippen LogP contribution in [0.25, 0.3) is 11.5 Å². The molecule has 0 unspecified atom stereocenters. The average Bonchev–Trinajstić information content (AvgIpc) is 2.89. The molecule has 1 fully saturated rings. The maximum atomic E-state index is 11.4. The van der Waals surface area contributed by atoms with E-state index in [-0.39, 0.29) is 5.91 Å². The summed E-state index contributed by atoms with van der Waals surface area (Å²) in [4.78, 5) is 32.7. The van der Waals surface area contributed by atoms with Crippen molar-refractivity contribution in [2.75, 3.05) is 51.3 Å². The number of primary amides is 1. The maximum absolute atomic E-state index is 11.4. The van der Waals surface area contributed by atoms with Gasteiger partial charge in [-0.3, -0.25) is 19.6 Å². The fraction of sp³-hybridized carbons (Fsp3) is 0.385. The minimum atomic E-state index is -0.288. The first-order chi connectivity index (χ1) is 17.1. The SMILES string of the molecule is COc1ccc(CN2CCc3nc(-c4ccccn4)nc(N4CCN(CC(N)=O)CC4)c3C2)cc1. The van der Waals surface area contributed by atoms with Crippen molar-refractivity contribution in [2.45, 2.75) is 19.5 Å². The molecule has 0 aliphatic carbocycles. The Hall–Kier alpha value is -3.56. The smallest absolute Gasteiger partial charge is 0.231 e. The van der Waals surface area contributed by atoms with E-state index < -0.39 is 0 Å². The molecule has 1 saturated heterocycles. The van der Waals surface area contributed by atoms with Crippen molar-refractivity contribution in [3.05, 3.63) is 65.5 Å². The molecular weight excluding hydrogens is 442 g/mol. The molecule has 0 bridgehead atoms. The van der Waals surface area contributed by atoms with E-state index in [1.165, 1.54) is 11.1 Å². The number of hydrogen-bond donors (Lipinski definition) is 1. The third-order valence-corrected chi connectivity index (χ3v) is 6.63. The van der Waals surface area contributed by atoms with Crippen molar-refractivity contribution in [3.63, 3.8) is 0 Å². The molecule has 1 aromatic carbocycles. The van der Waals surface area contributed by atoms with Gasteiger partial charge in [-0.25, -0.2) is 9.97 Å². The van der Waals surface area contributed by atoms with Gasteiger partial charge in [0, 0.05) is 64.0 Å². The monoisotopic (exact) mass is 473 g/mol. The van der Waals surface area contributed by atoms with Crippen LogP contribution in [0.3, 0.4) is 0 Å². The predicted octanol–water partition coefficient (Wildman–Crippen LogP) is 1.71. The highest BCUT2D eigenvalue weighted by molar-refractivity contribution is 5.76. The summed E-state index contributed by atoms with van der Waals surface area (Å²) in [6, 6.07) is 14.1. The Balaban J connectivity index is 1.41. The number of benzene rings is 1. The van der Waals surface area contributed by atoms with Crippen LogP contribution in [0.4, 0.5) is 5.82 Å². The Morgan fingerprint density at radius 1 is 1.00 bits per heavy atom. The second-order valence-electron chi connectivity index (χ2n) is 9.05. The van der Waals surface area contributed by atoms with E-state index in [9.17, 15) is 4.79 Å². The van der Waals surface area contributed by atoms with E-state index in [0.29, 0.717) is 12.4 Å². The number of pyridine rings is 1. The molecule has 182 valence electrons. The molecular formula is C26H31N7O2. The van der Waals surface area contributed by atoms with Gasteiger partial charge in [-0.05, 0) is 29.8 Å². The number of piperazine rings is 1. The number of fused-ring (bicyclic) bond motifs is 1. The van der Waals surface area contributed by atoms with Crippen LogP contribution in [-0.2, 0) is 24.3 Å². The third kappa shape index (κ3) is 5.41. The summed E-state index contributed by atoms with van der Waals surface area (Å²) in [6.45, 7) is 6.01. The number of carbonyl (C=O) groups excluding carboxylic acids is 1. The van der Waals surface area contributed by atoms with Gasteiger partial charge in [0.05, 0.1) is 19.3 Å². The average molecular weight is 474 g/mol. The molecule has 2 aromatic heterocycles. The van der Waals surface area contributed by atoms with Crippen molar-refractivity contribution >= 4 is 11.7 Å². The number of nitrogens with zero attached hydrogens (tertiary/aromatic N) is 6. The Morgan fingerprint density at radius 3 is 2.49 bits per heavy atom. The first-order valence-corrected chi connectivity index (χ1v) is 12.0. The zero-order valence-corrected chi connectivity index (χ0v) is 20.1. The molecule has 35 heavy (non-hydrogen) atoms. The van der Waals surface area contributed by atoms with Gasteiger partial charge in [0.1, 0.15) is 17.3 Å². The molecule has 2 aliphatic rings. The van der Waals surface area contributed by atoms with Gasteiger partial charge in [0.25, 0.3) is 0 Å². The molecule has 1 amide bonds. The molecule has 0 radical (unpaired) electrons. The molecule has 9 heteroatoms. The Labute approximate surface area is 205 Å². The van der Waals surface area contributed by atoms with E-state index >= 15 is 0 Å². The highest BCUT2D eigenvalue weighted by Crippen LogP contribution is 2.30. The molecule has 0 saturated carbocycles.